The highest BCUT2D eigenvalue weighted by Crippen LogP contribution is 2.29. The van der Waals surface area contributed by atoms with Crippen molar-refractivity contribution >= 4 is 41.1 Å². The average Bonchev–Trinajstić information content (AvgIpc) is 3.24. The molecule has 0 aliphatic rings. The van der Waals surface area contributed by atoms with E-state index in [1.54, 1.807) is 18.0 Å². The van der Waals surface area contributed by atoms with Crippen molar-refractivity contribution in [2.75, 3.05) is 7.05 Å². The van der Waals surface area contributed by atoms with Crippen LogP contribution in [0.2, 0.25) is 10.0 Å². The van der Waals surface area contributed by atoms with Gasteiger partial charge in [-0.2, -0.15) is 5.26 Å². The van der Waals surface area contributed by atoms with Gasteiger partial charge in [0, 0.05) is 36.3 Å². The zero-order valence-corrected chi connectivity index (χ0v) is 20.2. The number of aryl methyl sites for hydroxylation is 2. The van der Waals surface area contributed by atoms with Crippen molar-refractivity contribution in [1.29, 1.82) is 5.26 Å². The van der Waals surface area contributed by atoms with Gasteiger partial charge in [-0.25, -0.2) is 4.72 Å². The molecule has 8 heteroatoms. The molecule has 2 aromatic carbocycles. The average molecular weight is 487 g/mol. The number of likely N-dealkylation sites (N-methyl/N-ethyl adjacent to an activating group) is 1. The van der Waals surface area contributed by atoms with E-state index in [0.29, 0.717) is 35.2 Å². The van der Waals surface area contributed by atoms with E-state index in [2.05, 4.69) is 10.8 Å². The summed E-state index contributed by atoms with van der Waals surface area (Å²) in [5.74, 6) is -0.0391. The Bertz CT molecular complexity index is 1090. The van der Waals surface area contributed by atoms with E-state index < -0.39 is 6.04 Å². The lowest BCUT2D eigenvalue weighted by Gasteiger charge is -2.25. The van der Waals surface area contributed by atoms with Gasteiger partial charge in [0.05, 0.1) is 11.1 Å². The molecule has 5 nitrogen and oxygen atoms in total. The number of nitrogens with one attached hydrogen (secondary N) is 1. The molecule has 1 atom stereocenters. The third-order valence-electron chi connectivity index (χ3n) is 5.08. The Kier molecular flexibility index (Phi) is 8.66. The molecule has 1 N–H and O–H groups in total. The predicted octanol–water partition coefficient (Wildman–Crippen LogP) is 5.69. The Morgan fingerprint density at radius 1 is 1.19 bits per heavy atom. The smallest absolute Gasteiger partial charge is 0.240 e. The van der Waals surface area contributed by atoms with Crippen LogP contribution in [0, 0.1) is 18.3 Å². The first-order valence-electron chi connectivity index (χ1n) is 10.1. The molecule has 3 aromatic rings. The minimum atomic E-state index is -0.470. The fourth-order valence-electron chi connectivity index (χ4n) is 3.30. The normalized spacial score (nSPS) is 11.7. The number of benzene rings is 2. The van der Waals surface area contributed by atoms with Crippen molar-refractivity contribution in [3.05, 3.63) is 87.7 Å². The Balaban J connectivity index is 1.74. The molecule has 0 aliphatic heterocycles. The topological polar surface area (TPSA) is 61.1 Å². The molecule has 0 aliphatic carbocycles. The lowest BCUT2D eigenvalue weighted by atomic mass is 10.1. The van der Waals surface area contributed by atoms with Gasteiger partial charge in [0.2, 0.25) is 5.91 Å². The number of aromatic nitrogens is 1. The maximum Gasteiger partial charge on any atom is 0.240 e. The van der Waals surface area contributed by atoms with Gasteiger partial charge in [0.15, 0.2) is 0 Å². The van der Waals surface area contributed by atoms with Gasteiger partial charge in [-0.1, -0.05) is 47.5 Å². The molecule has 0 fully saturated rings. The number of hydrogen-bond acceptors (Lipinski definition) is 4. The highest BCUT2D eigenvalue weighted by molar-refractivity contribution is 7.97. The Morgan fingerprint density at radius 3 is 2.62 bits per heavy atom. The van der Waals surface area contributed by atoms with E-state index in [1.807, 2.05) is 66.2 Å². The predicted molar refractivity (Wildman–Crippen MR) is 131 cm³/mol. The van der Waals surface area contributed by atoms with Crippen molar-refractivity contribution in [3.8, 4) is 6.07 Å². The maximum absolute atomic E-state index is 13.3. The summed E-state index contributed by atoms with van der Waals surface area (Å²) in [5, 5.41) is 10.6. The number of carbonyl (C=O) groups is 1. The van der Waals surface area contributed by atoms with Crippen LogP contribution in [0.1, 0.15) is 23.2 Å². The van der Waals surface area contributed by atoms with Gasteiger partial charge in [0.1, 0.15) is 11.8 Å². The van der Waals surface area contributed by atoms with Crippen molar-refractivity contribution in [2.45, 2.75) is 37.4 Å². The van der Waals surface area contributed by atoms with Gasteiger partial charge in [-0.15, -0.1) is 0 Å². The minimum Gasteiger partial charge on any atom is -0.340 e. The summed E-state index contributed by atoms with van der Waals surface area (Å²) >= 11 is 13.7. The van der Waals surface area contributed by atoms with Gasteiger partial charge in [-0.3, -0.25) is 4.79 Å². The van der Waals surface area contributed by atoms with E-state index in [1.165, 1.54) is 11.9 Å². The molecule has 0 saturated heterocycles. The van der Waals surface area contributed by atoms with E-state index in [-0.39, 0.29) is 5.91 Å². The summed E-state index contributed by atoms with van der Waals surface area (Å²) in [4.78, 5) is 15.9. The van der Waals surface area contributed by atoms with Crippen molar-refractivity contribution in [1.82, 2.24) is 14.2 Å². The number of nitriles is 1. The zero-order chi connectivity index (χ0) is 23.1. The van der Waals surface area contributed by atoms with Crippen molar-refractivity contribution in [2.24, 2.45) is 0 Å². The fourth-order valence-corrected chi connectivity index (χ4v) is 4.63. The maximum atomic E-state index is 13.3. The van der Waals surface area contributed by atoms with Crippen molar-refractivity contribution < 1.29 is 4.79 Å². The molecule has 1 heterocycles. The van der Waals surface area contributed by atoms with E-state index in [4.69, 9.17) is 23.2 Å². The number of halogens is 2. The first kappa shape index (κ1) is 24.2. The SMILES string of the molecule is Cc1cccc(Cl)c1SNC(CCn1cccc1C#N)C(=O)N(C)Cc1ccc(Cl)cc1. The van der Waals surface area contributed by atoms with E-state index >= 15 is 0 Å². The summed E-state index contributed by atoms with van der Waals surface area (Å²) in [6, 6.07) is 18.5. The minimum absolute atomic E-state index is 0.0391. The number of hydrogen-bond donors (Lipinski definition) is 1. The molecule has 0 saturated carbocycles. The van der Waals surface area contributed by atoms with Crippen molar-refractivity contribution in [3.63, 3.8) is 0 Å². The van der Waals surface area contributed by atoms with Gasteiger partial charge in [0.25, 0.3) is 0 Å². The first-order chi connectivity index (χ1) is 15.4. The lowest BCUT2D eigenvalue weighted by molar-refractivity contribution is -0.132. The Morgan fingerprint density at radius 2 is 1.94 bits per heavy atom. The monoisotopic (exact) mass is 486 g/mol. The molecule has 0 radical (unpaired) electrons. The van der Waals surface area contributed by atoms with Crippen LogP contribution >= 0.6 is 35.1 Å². The second-order valence-corrected chi connectivity index (χ2v) is 9.16. The Labute approximate surface area is 203 Å². The molecule has 166 valence electrons. The molecule has 0 spiro atoms. The standard InChI is InChI=1S/C24H24Cl2N4OS/c1-17-5-3-7-21(26)23(17)32-28-22(12-14-30-13-4-6-20(30)15-27)24(31)29(2)16-18-8-10-19(25)11-9-18/h3-11,13,22,28H,12,14,16H2,1-2H3. The summed E-state index contributed by atoms with van der Waals surface area (Å²) in [5.41, 5.74) is 2.60. The van der Waals surface area contributed by atoms with Gasteiger partial charge in [-0.05, 0) is 66.8 Å². The second-order valence-electron chi connectivity index (χ2n) is 7.47. The summed E-state index contributed by atoms with van der Waals surface area (Å²) in [6.45, 7) is 2.99. The van der Waals surface area contributed by atoms with Crippen LogP contribution in [0.3, 0.4) is 0 Å². The summed E-state index contributed by atoms with van der Waals surface area (Å²) in [6.07, 6.45) is 2.37. The van der Waals surface area contributed by atoms with Crippen LogP contribution in [0.5, 0.6) is 0 Å². The summed E-state index contributed by atoms with van der Waals surface area (Å²) in [7, 11) is 1.79. The lowest BCUT2D eigenvalue weighted by Crippen LogP contribution is -2.43. The highest BCUT2D eigenvalue weighted by Gasteiger charge is 2.23. The third kappa shape index (κ3) is 6.30. The second kappa shape index (κ2) is 11.4. The summed E-state index contributed by atoms with van der Waals surface area (Å²) < 4.78 is 5.17. The van der Waals surface area contributed by atoms with Crippen LogP contribution in [-0.4, -0.2) is 28.5 Å². The largest absolute Gasteiger partial charge is 0.340 e. The highest BCUT2D eigenvalue weighted by atomic mass is 35.5. The van der Waals surface area contributed by atoms with Gasteiger partial charge < -0.3 is 9.47 Å². The first-order valence-corrected chi connectivity index (χ1v) is 11.7. The third-order valence-corrected chi connectivity index (χ3v) is 6.90. The number of carbonyl (C=O) groups excluding carboxylic acids is 1. The number of nitrogens with zero attached hydrogens (tertiary/aromatic N) is 3. The molecule has 1 aromatic heterocycles. The van der Waals surface area contributed by atoms with Crippen LogP contribution in [0.15, 0.2) is 65.7 Å². The molecule has 3 rings (SSSR count). The number of amides is 1. The van der Waals surface area contributed by atoms with Crippen LogP contribution in [0.4, 0.5) is 0 Å². The molecule has 0 bridgehead atoms. The molecule has 32 heavy (non-hydrogen) atoms. The molecule has 1 amide bonds. The van der Waals surface area contributed by atoms with E-state index in [0.717, 1.165) is 16.0 Å². The van der Waals surface area contributed by atoms with E-state index in [9.17, 15) is 10.1 Å². The number of rotatable bonds is 9. The molecular formula is C24H24Cl2N4OS. The zero-order valence-electron chi connectivity index (χ0n) is 17.9. The molecular weight excluding hydrogens is 463 g/mol. The van der Waals surface area contributed by atoms with Crippen LogP contribution in [-0.2, 0) is 17.9 Å². The molecule has 1 unspecified atom stereocenters. The van der Waals surface area contributed by atoms with Crippen LogP contribution in [0.25, 0.3) is 0 Å². The Hall–Kier alpha value is -2.43. The van der Waals surface area contributed by atoms with Crippen LogP contribution < -0.4 is 4.72 Å². The quantitative estimate of drug-likeness (QED) is 0.394. The van der Waals surface area contributed by atoms with Gasteiger partial charge >= 0.3 is 0 Å². The fraction of sp³-hybridized carbons (Fsp3) is 0.250.